The van der Waals surface area contributed by atoms with E-state index >= 15 is 0 Å². The first-order valence-electron chi connectivity index (χ1n) is 7.57. The van der Waals surface area contributed by atoms with Crippen molar-refractivity contribution in [2.45, 2.75) is 6.92 Å². The average molecular weight is 326 g/mol. The summed E-state index contributed by atoms with van der Waals surface area (Å²) in [6.45, 7) is 2.02. The zero-order valence-corrected chi connectivity index (χ0v) is 14.1. The lowest BCUT2D eigenvalue weighted by molar-refractivity contribution is 0.324. The fourth-order valence-corrected chi connectivity index (χ4v) is 2.96. The number of halogens is 1. The van der Waals surface area contributed by atoms with Crippen molar-refractivity contribution in [1.82, 2.24) is 0 Å². The van der Waals surface area contributed by atoms with Crippen LogP contribution >= 0.6 is 0 Å². The summed E-state index contributed by atoms with van der Waals surface area (Å²) in [6, 6.07) is 8.62. The first-order valence-corrected chi connectivity index (χ1v) is 7.57. The molecule has 0 unspecified atom stereocenters. The minimum absolute atomic E-state index is 0.230. The van der Waals surface area contributed by atoms with Gasteiger partial charge in [-0.25, -0.2) is 4.39 Å². The molecule has 0 amide bonds. The summed E-state index contributed by atoms with van der Waals surface area (Å²) < 4.78 is 29.6. The third kappa shape index (κ3) is 2.75. The van der Waals surface area contributed by atoms with E-state index in [1.54, 1.807) is 27.4 Å². The molecule has 0 saturated carbocycles. The molecule has 0 spiro atoms. The van der Waals surface area contributed by atoms with Gasteiger partial charge in [-0.1, -0.05) is 12.1 Å². The number of rotatable bonds is 4. The Hall–Kier alpha value is -2.75. The predicted octanol–water partition coefficient (Wildman–Crippen LogP) is 4.81. The van der Waals surface area contributed by atoms with E-state index in [2.05, 4.69) is 0 Å². The highest BCUT2D eigenvalue weighted by atomic mass is 19.1. The monoisotopic (exact) mass is 326 g/mol. The van der Waals surface area contributed by atoms with Crippen LogP contribution in [0.15, 0.2) is 35.9 Å². The third-order valence-electron chi connectivity index (χ3n) is 4.10. The van der Waals surface area contributed by atoms with Gasteiger partial charge in [-0.15, -0.1) is 0 Å². The molecule has 0 radical (unpaired) electrons. The molecule has 24 heavy (non-hydrogen) atoms. The molecule has 0 bridgehead atoms. The molecule has 0 atom stereocenters. The van der Waals surface area contributed by atoms with Crippen LogP contribution in [0.3, 0.4) is 0 Å². The molecule has 4 heteroatoms. The number of allylic oxidation sites excluding steroid dienone is 2. The van der Waals surface area contributed by atoms with Crippen molar-refractivity contribution in [3.8, 4) is 17.2 Å². The van der Waals surface area contributed by atoms with Gasteiger partial charge in [0, 0.05) is 0 Å². The summed E-state index contributed by atoms with van der Waals surface area (Å²) >= 11 is 0. The van der Waals surface area contributed by atoms with Gasteiger partial charge in [-0.2, -0.15) is 0 Å². The molecule has 0 N–H and O–H groups in total. The Bertz CT molecular complexity index is 825. The Kier molecular flexibility index (Phi) is 4.30. The van der Waals surface area contributed by atoms with E-state index in [1.165, 1.54) is 6.07 Å². The maximum absolute atomic E-state index is 13.4. The molecule has 0 fully saturated rings. The van der Waals surface area contributed by atoms with Crippen molar-refractivity contribution >= 4 is 17.7 Å². The first-order chi connectivity index (χ1) is 11.6. The highest BCUT2D eigenvalue weighted by Gasteiger charge is 2.18. The van der Waals surface area contributed by atoms with Crippen LogP contribution in [0.4, 0.5) is 4.39 Å². The van der Waals surface area contributed by atoms with E-state index < -0.39 is 0 Å². The molecule has 3 nitrogen and oxygen atoms in total. The molecule has 2 aromatic rings. The zero-order chi connectivity index (χ0) is 17.3. The van der Waals surface area contributed by atoms with Crippen molar-refractivity contribution in [3.05, 3.63) is 58.4 Å². The predicted molar refractivity (Wildman–Crippen MR) is 94.0 cm³/mol. The Morgan fingerprint density at radius 3 is 2.17 bits per heavy atom. The SMILES string of the molecule is COc1cc(C=C2C(C)=Cc3cc(F)ccc32)cc(OC)c1OC. The molecular formula is C20H19FO3. The normalized spacial score (nSPS) is 14.4. The van der Waals surface area contributed by atoms with Crippen LogP contribution in [-0.2, 0) is 0 Å². The minimum atomic E-state index is -0.230. The van der Waals surface area contributed by atoms with Crippen molar-refractivity contribution in [3.63, 3.8) is 0 Å². The highest BCUT2D eigenvalue weighted by Crippen LogP contribution is 2.41. The Morgan fingerprint density at radius 1 is 0.917 bits per heavy atom. The molecule has 2 aromatic carbocycles. The van der Waals surface area contributed by atoms with Crippen LogP contribution < -0.4 is 14.2 Å². The molecule has 1 aliphatic carbocycles. The topological polar surface area (TPSA) is 27.7 Å². The van der Waals surface area contributed by atoms with Gasteiger partial charge in [-0.05, 0) is 65.1 Å². The van der Waals surface area contributed by atoms with E-state index in [1.807, 2.05) is 37.3 Å². The van der Waals surface area contributed by atoms with Crippen LogP contribution in [0.1, 0.15) is 23.6 Å². The van der Waals surface area contributed by atoms with E-state index in [9.17, 15) is 4.39 Å². The van der Waals surface area contributed by atoms with Gasteiger partial charge < -0.3 is 14.2 Å². The summed E-state index contributed by atoms with van der Waals surface area (Å²) in [5.74, 6) is 1.53. The largest absolute Gasteiger partial charge is 0.493 e. The lowest BCUT2D eigenvalue weighted by Crippen LogP contribution is -1.95. The lowest BCUT2D eigenvalue weighted by atomic mass is 10.00. The maximum Gasteiger partial charge on any atom is 0.203 e. The fraction of sp³-hybridized carbons (Fsp3) is 0.200. The Morgan fingerprint density at radius 2 is 1.58 bits per heavy atom. The van der Waals surface area contributed by atoms with E-state index in [0.717, 1.165) is 27.8 Å². The molecule has 0 saturated heterocycles. The van der Waals surface area contributed by atoms with Crippen LogP contribution in [0.2, 0.25) is 0 Å². The second kappa shape index (κ2) is 6.40. The molecule has 0 heterocycles. The van der Waals surface area contributed by atoms with E-state index in [0.29, 0.717) is 17.2 Å². The number of hydrogen-bond acceptors (Lipinski definition) is 3. The van der Waals surface area contributed by atoms with Crippen molar-refractivity contribution in [2.75, 3.05) is 21.3 Å². The van der Waals surface area contributed by atoms with Gasteiger partial charge in [0.15, 0.2) is 11.5 Å². The average Bonchev–Trinajstić information content (AvgIpc) is 2.88. The van der Waals surface area contributed by atoms with Gasteiger partial charge in [-0.3, -0.25) is 0 Å². The number of hydrogen-bond donors (Lipinski definition) is 0. The zero-order valence-electron chi connectivity index (χ0n) is 14.1. The second-order valence-electron chi connectivity index (χ2n) is 5.58. The molecule has 124 valence electrons. The third-order valence-corrected chi connectivity index (χ3v) is 4.10. The van der Waals surface area contributed by atoms with Gasteiger partial charge in [0.2, 0.25) is 5.75 Å². The van der Waals surface area contributed by atoms with E-state index in [4.69, 9.17) is 14.2 Å². The second-order valence-corrected chi connectivity index (χ2v) is 5.58. The van der Waals surface area contributed by atoms with Crippen LogP contribution in [0, 0.1) is 5.82 Å². The van der Waals surface area contributed by atoms with Crippen molar-refractivity contribution in [2.24, 2.45) is 0 Å². The number of fused-ring (bicyclic) bond motifs is 1. The smallest absolute Gasteiger partial charge is 0.203 e. The Balaban J connectivity index is 2.12. The quantitative estimate of drug-likeness (QED) is 0.807. The standard InChI is InChI=1S/C20H19FO3/c1-12-7-14-11-15(21)5-6-16(14)17(12)8-13-9-18(22-2)20(24-4)19(10-13)23-3/h5-11H,1-4H3. The number of benzene rings is 2. The summed E-state index contributed by atoms with van der Waals surface area (Å²) in [6.07, 6.45) is 4.03. The fourth-order valence-electron chi connectivity index (χ4n) is 2.96. The van der Waals surface area contributed by atoms with Crippen LogP contribution in [0.25, 0.3) is 17.7 Å². The summed E-state index contributed by atoms with van der Waals surface area (Å²) in [5, 5.41) is 0. The summed E-state index contributed by atoms with van der Waals surface area (Å²) in [5.41, 5.74) is 4.97. The Labute approximate surface area is 141 Å². The summed E-state index contributed by atoms with van der Waals surface area (Å²) in [4.78, 5) is 0. The van der Waals surface area contributed by atoms with Crippen molar-refractivity contribution < 1.29 is 18.6 Å². The van der Waals surface area contributed by atoms with Crippen LogP contribution in [-0.4, -0.2) is 21.3 Å². The summed E-state index contributed by atoms with van der Waals surface area (Å²) in [7, 11) is 4.76. The molecule has 3 rings (SSSR count). The number of methoxy groups -OCH3 is 3. The van der Waals surface area contributed by atoms with E-state index in [-0.39, 0.29) is 5.82 Å². The maximum atomic E-state index is 13.4. The van der Waals surface area contributed by atoms with Gasteiger partial charge in [0.1, 0.15) is 5.82 Å². The lowest BCUT2D eigenvalue weighted by Gasteiger charge is -2.13. The van der Waals surface area contributed by atoms with Gasteiger partial charge in [0.25, 0.3) is 0 Å². The molecule has 1 aliphatic rings. The van der Waals surface area contributed by atoms with Crippen LogP contribution in [0.5, 0.6) is 17.2 Å². The molecule has 0 aliphatic heterocycles. The molecule has 0 aromatic heterocycles. The van der Waals surface area contributed by atoms with Gasteiger partial charge >= 0.3 is 0 Å². The number of ether oxygens (including phenoxy) is 3. The minimum Gasteiger partial charge on any atom is -0.493 e. The highest BCUT2D eigenvalue weighted by molar-refractivity contribution is 6.01. The molecular weight excluding hydrogens is 307 g/mol. The van der Waals surface area contributed by atoms with Crippen molar-refractivity contribution in [1.29, 1.82) is 0 Å². The van der Waals surface area contributed by atoms with Gasteiger partial charge in [0.05, 0.1) is 21.3 Å². The first kappa shape index (κ1) is 16.1.